The van der Waals surface area contributed by atoms with Crippen molar-refractivity contribution in [2.45, 2.75) is 31.1 Å². The molecule has 1 N–H and O–H groups in total. The zero-order valence-electron chi connectivity index (χ0n) is 8.83. The molecule has 1 nitrogen and oxygen atoms in total. The molecule has 1 aromatic heterocycles. The van der Waals surface area contributed by atoms with Crippen LogP contribution in [0, 0.1) is 0 Å². The summed E-state index contributed by atoms with van der Waals surface area (Å²) in [6.45, 7) is 3.39. The molecule has 0 amide bonds. The van der Waals surface area contributed by atoms with Crippen molar-refractivity contribution in [3.8, 4) is 0 Å². The van der Waals surface area contributed by atoms with Gasteiger partial charge in [0.2, 0.25) is 0 Å². The number of halogens is 1. The van der Waals surface area contributed by atoms with Gasteiger partial charge < -0.3 is 5.32 Å². The first-order valence-corrected chi connectivity index (χ1v) is 7.59. The first-order chi connectivity index (χ1) is 7.25. The predicted octanol–water partition coefficient (Wildman–Crippen LogP) is 3.43. The van der Waals surface area contributed by atoms with Crippen molar-refractivity contribution >= 4 is 34.7 Å². The highest BCUT2D eigenvalue weighted by Gasteiger charge is 2.22. The molecule has 0 aliphatic carbocycles. The van der Waals surface area contributed by atoms with E-state index in [0.717, 1.165) is 22.6 Å². The quantitative estimate of drug-likeness (QED) is 0.891. The van der Waals surface area contributed by atoms with Crippen molar-refractivity contribution in [3.05, 3.63) is 21.3 Å². The smallest absolute Gasteiger partial charge is 0.0931 e. The van der Waals surface area contributed by atoms with Gasteiger partial charge in [-0.05, 0) is 30.7 Å². The van der Waals surface area contributed by atoms with Gasteiger partial charge in [-0.15, -0.1) is 11.3 Å². The van der Waals surface area contributed by atoms with Crippen molar-refractivity contribution in [2.24, 2.45) is 0 Å². The maximum Gasteiger partial charge on any atom is 0.0931 e. The molecule has 0 radical (unpaired) electrons. The Balaban J connectivity index is 1.70. The molecule has 2 atom stereocenters. The zero-order valence-corrected chi connectivity index (χ0v) is 11.2. The minimum Gasteiger partial charge on any atom is -0.312 e. The molecule has 4 heteroatoms. The van der Waals surface area contributed by atoms with Gasteiger partial charge in [-0.3, -0.25) is 0 Å². The Morgan fingerprint density at radius 2 is 2.40 bits per heavy atom. The highest BCUT2D eigenvalue weighted by molar-refractivity contribution is 8.00. The van der Waals surface area contributed by atoms with Crippen LogP contribution in [0.1, 0.15) is 18.2 Å². The molecular formula is C11H16ClNS2. The van der Waals surface area contributed by atoms with Crippen LogP contribution in [-0.4, -0.2) is 23.6 Å². The molecule has 0 spiro atoms. The average molecular weight is 262 g/mol. The number of hydrogen-bond donors (Lipinski definition) is 1. The van der Waals surface area contributed by atoms with Crippen molar-refractivity contribution < 1.29 is 0 Å². The van der Waals surface area contributed by atoms with Gasteiger partial charge in [0, 0.05) is 22.7 Å². The van der Waals surface area contributed by atoms with E-state index in [2.05, 4.69) is 30.1 Å². The molecule has 0 saturated carbocycles. The summed E-state index contributed by atoms with van der Waals surface area (Å²) in [6, 6.07) is 4.82. The Hall–Kier alpha value is 0.300. The second-order valence-corrected chi connectivity index (χ2v) is 7.17. The molecule has 1 fully saturated rings. The summed E-state index contributed by atoms with van der Waals surface area (Å²) in [6.07, 6.45) is 2.42. The number of rotatable bonds is 4. The monoisotopic (exact) mass is 261 g/mol. The first-order valence-electron chi connectivity index (χ1n) is 5.35. The van der Waals surface area contributed by atoms with E-state index in [9.17, 15) is 0 Å². The fraction of sp³-hybridized carbons (Fsp3) is 0.636. The lowest BCUT2D eigenvalue weighted by Gasteiger charge is -2.15. The molecule has 2 rings (SSSR count). The van der Waals surface area contributed by atoms with E-state index in [1.54, 1.807) is 11.3 Å². The number of nitrogens with one attached hydrogen (secondary N) is 1. The topological polar surface area (TPSA) is 12.0 Å². The Bertz CT molecular complexity index is 313. The lowest BCUT2D eigenvalue weighted by molar-refractivity contribution is 0.517. The van der Waals surface area contributed by atoms with E-state index >= 15 is 0 Å². The van der Waals surface area contributed by atoms with Gasteiger partial charge in [0.25, 0.3) is 0 Å². The van der Waals surface area contributed by atoms with Crippen LogP contribution >= 0.6 is 34.7 Å². The van der Waals surface area contributed by atoms with Gasteiger partial charge in [-0.1, -0.05) is 18.5 Å². The molecule has 15 heavy (non-hydrogen) atoms. The van der Waals surface area contributed by atoms with Crippen molar-refractivity contribution in [2.75, 3.05) is 12.3 Å². The minimum absolute atomic E-state index is 0.713. The molecule has 0 bridgehead atoms. The summed E-state index contributed by atoms with van der Waals surface area (Å²) in [7, 11) is 0. The summed E-state index contributed by atoms with van der Waals surface area (Å²) in [5, 5.41) is 4.41. The lowest BCUT2D eigenvalue weighted by atomic mass is 10.1. The molecule has 1 aliphatic rings. The second-order valence-electron chi connectivity index (χ2n) is 3.88. The Kier molecular flexibility index (Phi) is 4.38. The third kappa shape index (κ3) is 3.38. The fourth-order valence-corrected chi connectivity index (χ4v) is 4.18. The van der Waals surface area contributed by atoms with Crippen molar-refractivity contribution in [1.29, 1.82) is 0 Å². The molecule has 1 saturated heterocycles. The summed E-state index contributed by atoms with van der Waals surface area (Å²) >= 11 is 9.65. The number of thioether (sulfide) groups is 1. The van der Waals surface area contributed by atoms with Crippen LogP contribution in [0.3, 0.4) is 0 Å². The summed E-state index contributed by atoms with van der Waals surface area (Å²) in [4.78, 5) is 1.38. The van der Waals surface area contributed by atoms with Crippen LogP contribution in [0.15, 0.2) is 12.1 Å². The minimum atomic E-state index is 0.713. The summed E-state index contributed by atoms with van der Waals surface area (Å²) in [5.41, 5.74) is 0. The Morgan fingerprint density at radius 3 is 3.00 bits per heavy atom. The van der Waals surface area contributed by atoms with Crippen LogP contribution in [0.2, 0.25) is 4.34 Å². The van der Waals surface area contributed by atoms with E-state index in [1.165, 1.54) is 17.1 Å². The highest BCUT2D eigenvalue weighted by atomic mass is 35.5. The largest absolute Gasteiger partial charge is 0.312 e. The molecule has 0 aromatic carbocycles. The zero-order chi connectivity index (χ0) is 10.7. The van der Waals surface area contributed by atoms with Crippen LogP contribution in [0.25, 0.3) is 0 Å². The lowest BCUT2D eigenvalue weighted by Crippen LogP contribution is -2.34. The second kappa shape index (κ2) is 5.58. The molecule has 84 valence electrons. The Morgan fingerprint density at radius 1 is 1.53 bits per heavy atom. The van der Waals surface area contributed by atoms with Crippen LogP contribution in [-0.2, 0) is 6.42 Å². The third-order valence-electron chi connectivity index (χ3n) is 2.78. The fourth-order valence-electron chi connectivity index (χ4n) is 1.87. The van der Waals surface area contributed by atoms with Gasteiger partial charge in [-0.2, -0.15) is 11.8 Å². The van der Waals surface area contributed by atoms with Gasteiger partial charge in [-0.25, -0.2) is 0 Å². The summed E-state index contributed by atoms with van der Waals surface area (Å²) < 4.78 is 0.898. The normalized spacial score (nSPS) is 26.0. The summed E-state index contributed by atoms with van der Waals surface area (Å²) in [5.74, 6) is 1.31. The standard InChI is InChI=1S/C11H16ClNS2/c1-8-10(5-7-14-8)13-6-4-9-2-3-11(12)15-9/h2-3,8,10,13H,4-7H2,1H3. The van der Waals surface area contributed by atoms with E-state index in [-0.39, 0.29) is 0 Å². The number of hydrogen-bond acceptors (Lipinski definition) is 3. The van der Waals surface area contributed by atoms with Crippen molar-refractivity contribution in [1.82, 2.24) is 5.32 Å². The van der Waals surface area contributed by atoms with Gasteiger partial charge in [0.05, 0.1) is 4.34 Å². The van der Waals surface area contributed by atoms with Crippen LogP contribution in [0.4, 0.5) is 0 Å². The van der Waals surface area contributed by atoms with Gasteiger partial charge in [0.15, 0.2) is 0 Å². The van der Waals surface area contributed by atoms with Gasteiger partial charge in [0.1, 0.15) is 0 Å². The van der Waals surface area contributed by atoms with E-state index in [4.69, 9.17) is 11.6 Å². The van der Waals surface area contributed by atoms with E-state index < -0.39 is 0 Å². The van der Waals surface area contributed by atoms with Crippen LogP contribution < -0.4 is 5.32 Å². The van der Waals surface area contributed by atoms with Crippen molar-refractivity contribution in [3.63, 3.8) is 0 Å². The van der Waals surface area contributed by atoms with Crippen LogP contribution in [0.5, 0.6) is 0 Å². The molecule has 2 heterocycles. The SMILES string of the molecule is CC1SCCC1NCCc1ccc(Cl)s1. The Labute approximate surface area is 105 Å². The maximum absolute atomic E-state index is 5.88. The molecule has 2 unspecified atom stereocenters. The molecule has 1 aliphatic heterocycles. The average Bonchev–Trinajstić information content (AvgIpc) is 2.77. The van der Waals surface area contributed by atoms with E-state index in [1.807, 2.05) is 6.07 Å². The number of thiophene rings is 1. The predicted molar refractivity (Wildman–Crippen MR) is 71.4 cm³/mol. The van der Waals surface area contributed by atoms with Gasteiger partial charge >= 0.3 is 0 Å². The van der Waals surface area contributed by atoms with E-state index in [0.29, 0.717) is 6.04 Å². The maximum atomic E-state index is 5.88. The molecular weight excluding hydrogens is 246 g/mol. The molecule has 1 aromatic rings. The third-order valence-corrected chi connectivity index (χ3v) is 5.40. The highest BCUT2D eigenvalue weighted by Crippen LogP contribution is 2.26. The first kappa shape index (κ1) is 11.8.